The lowest BCUT2D eigenvalue weighted by Gasteiger charge is -2.39. The highest BCUT2D eigenvalue weighted by Gasteiger charge is 2.34. The number of piperidine rings is 1. The van der Waals surface area contributed by atoms with E-state index in [1.165, 1.54) is 47.4 Å². The second-order valence-electron chi connectivity index (χ2n) is 8.59. The van der Waals surface area contributed by atoms with Crippen molar-refractivity contribution in [2.75, 3.05) is 39.3 Å². The first kappa shape index (κ1) is 24.6. The molecule has 0 spiro atoms. The van der Waals surface area contributed by atoms with Crippen LogP contribution < -0.4 is 4.74 Å². The molecule has 35 heavy (non-hydrogen) atoms. The molecule has 0 N–H and O–H groups in total. The molecule has 2 fully saturated rings. The number of halogens is 3. The first-order valence-corrected chi connectivity index (χ1v) is 11.5. The van der Waals surface area contributed by atoms with Gasteiger partial charge in [0, 0.05) is 44.8 Å². The summed E-state index contributed by atoms with van der Waals surface area (Å²) in [7, 11) is 0. The fraction of sp³-hybridized carbons (Fsp3) is 0.400. The molecule has 2 aliphatic rings. The minimum absolute atomic E-state index is 0.0359. The van der Waals surface area contributed by atoms with Crippen LogP contribution >= 0.6 is 0 Å². The van der Waals surface area contributed by atoms with Crippen molar-refractivity contribution in [2.45, 2.75) is 19.5 Å². The van der Waals surface area contributed by atoms with Crippen LogP contribution in [0.2, 0.25) is 0 Å². The van der Waals surface area contributed by atoms with E-state index in [1.807, 2.05) is 0 Å². The molecule has 3 amide bonds. The smallest absolute Gasteiger partial charge is 0.387 e. The van der Waals surface area contributed by atoms with Crippen LogP contribution in [0.3, 0.4) is 0 Å². The van der Waals surface area contributed by atoms with Crippen molar-refractivity contribution in [2.24, 2.45) is 5.92 Å². The van der Waals surface area contributed by atoms with Crippen molar-refractivity contribution in [1.29, 1.82) is 0 Å². The number of ether oxygens (including phenoxy) is 1. The third-order valence-electron chi connectivity index (χ3n) is 6.36. The third kappa shape index (κ3) is 5.75. The number of hydrogen-bond acceptors (Lipinski definition) is 4. The van der Waals surface area contributed by atoms with E-state index < -0.39 is 24.3 Å². The highest BCUT2D eigenvalue weighted by atomic mass is 19.3. The first-order valence-electron chi connectivity index (χ1n) is 11.5. The van der Waals surface area contributed by atoms with Gasteiger partial charge in [-0.2, -0.15) is 8.78 Å². The fourth-order valence-electron chi connectivity index (χ4n) is 4.54. The largest absolute Gasteiger partial charge is 0.434 e. The normalized spacial score (nSPS) is 18.5. The van der Waals surface area contributed by atoms with Gasteiger partial charge in [0.1, 0.15) is 11.6 Å². The molecule has 0 aromatic heterocycles. The summed E-state index contributed by atoms with van der Waals surface area (Å²) in [5.41, 5.74) is 0.428. The van der Waals surface area contributed by atoms with E-state index in [2.05, 4.69) is 4.74 Å². The number of likely N-dealkylation sites (tertiary alicyclic amines) is 1. The summed E-state index contributed by atoms with van der Waals surface area (Å²) in [6, 6.07) is 11.2. The van der Waals surface area contributed by atoms with Gasteiger partial charge in [-0.3, -0.25) is 14.4 Å². The lowest BCUT2D eigenvalue weighted by Crippen LogP contribution is -2.54. The van der Waals surface area contributed by atoms with E-state index in [0.29, 0.717) is 51.1 Å². The number of rotatable bonds is 5. The van der Waals surface area contributed by atoms with Crippen LogP contribution in [0.4, 0.5) is 13.2 Å². The van der Waals surface area contributed by atoms with Gasteiger partial charge in [-0.25, -0.2) is 4.39 Å². The van der Waals surface area contributed by atoms with Crippen molar-refractivity contribution in [3.05, 3.63) is 65.5 Å². The lowest BCUT2D eigenvalue weighted by atomic mass is 9.95. The molecule has 186 valence electrons. The zero-order chi connectivity index (χ0) is 24.9. The van der Waals surface area contributed by atoms with Gasteiger partial charge in [-0.05, 0) is 49.2 Å². The number of carbonyl (C=O) groups excluding carboxylic acids is 3. The predicted molar refractivity (Wildman–Crippen MR) is 121 cm³/mol. The number of benzene rings is 2. The molecule has 0 radical (unpaired) electrons. The van der Waals surface area contributed by atoms with Crippen LogP contribution in [0, 0.1) is 11.7 Å². The minimum Gasteiger partial charge on any atom is -0.434 e. The summed E-state index contributed by atoms with van der Waals surface area (Å²) >= 11 is 0. The molecule has 2 aromatic carbocycles. The van der Waals surface area contributed by atoms with E-state index in [1.54, 1.807) is 15.9 Å². The minimum atomic E-state index is -3.05. The summed E-state index contributed by atoms with van der Waals surface area (Å²) in [6.45, 7) is -0.997. The molecule has 4 rings (SSSR count). The van der Waals surface area contributed by atoms with Crippen molar-refractivity contribution in [3.8, 4) is 5.75 Å². The lowest BCUT2D eigenvalue weighted by molar-refractivity contribution is -0.138. The van der Waals surface area contributed by atoms with Gasteiger partial charge >= 0.3 is 6.61 Å². The van der Waals surface area contributed by atoms with Crippen molar-refractivity contribution >= 4 is 17.7 Å². The number of hydrogen-bond donors (Lipinski definition) is 0. The molecule has 1 unspecified atom stereocenters. The maximum atomic E-state index is 13.2. The Balaban J connectivity index is 1.35. The van der Waals surface area contributed by atoms with Crippen molar-refractivity contribution in [3.63, 3.8) is 0 Å². The van der Waals surface area contributed by atoms with Crippen LogP contribution in [0.15, 0.2) is 48.5 Å². The Kier molecular flexibility index (Phi) is 7.57. The van der Waals surface area contributed by atoms with Crippen LogP contribution in [0.5, 0.6) is 5.75 Å². The van der Waals surface area contributed by atoms with Crippen molar-refractivity contribution in [1.82, 2.24) is 14.7 Å². The SMILES string of the molecule is O=C(c1ccc(F)cc1)N1CCN(C(=O)C2CCCN(C(=O)c3ccccc3OC(F)F)C2)CC1. The number of para-hydroxylation sites is 1. The summed E-state index contributed by atoms with van der Waals surface area (Å²) < 4.78 is 43.1. The average Bonchev–Trinajstić information content (AvgIpc) is 2.88. The number of amides is 3. The Morgan fingerprint density at radius 3 is 2.17 bits per heavy atom. The summed E-state index contributed by atoms with van der Waals surface area (Å²) in [5.74, 6) is -1.77. The quantitative estimate of drug-likeness (QED) is 0.647. The van der Waals surface area contributed by atoms with Crippen LogP contribution in [0.1, 0.15) is 33.6 Å². The molecular weight excluding hydrogens is 463 g/mol. The summed E-state index contributed by atoms with van der Waals surface area (Å²) in [5, 5.41) is 0. The summed E-state index contributed by atoms with van der Waals surface area (Å²) in [6.07, 6.45) is 1.23. The zero-order valence-electron chi connectivity index (χ0n) is 19.0. The number of alkyl halides is 2. The van der Waals surface area contributed by atoms with Crippen LogP contribution in [-0.4, -0.2) is 78.3 Å². The van der Waals surface area contributed by atoms with Gasteiger partial charge < -0.3 is 19.4 Å². The van der Waals surface area contributed by atoms with Crippen LogP contribution in [-0.2, 0) is 4.79 Å². The highest BCUT2D eigenvalue weighted by Crippen LogP contribution is 2.26. The van der Waals surface area contributed by atoms with Crippen molar-refractivity contribution < 1.29 is 32.3 Å². The second kappa shape index (κ2) is 10.8. The molecule has 2 aliphatic heterocycles. The topological polar surface area (TPSA) is 70.2 Å². The van der Waals surface area contributed by atoms with Gasteiger partial charge in [0.05, 0.1) is 11.5 Å². The van der Waals surface area contributed by atoms with Crippen LogP contribution in [0.25, 0.3) is 0 Å². The zero-order valence-corrected chi connectivity index (χ0v) is 19.0. The standard InChI is InChI=1S/C25H26F3N3O4/c26-19-9-7-17(8-10-19)22(32)29-12-14-30(15-13-29)23(33)18-4-3-11-31(16-18)24(34)20-5-1-2-6-21(20)35-25(27)28/h1-2,5-10,18,25H,3-4,11-16H2. The molecular formula is C25H26F3N3O4. The van der Waals surface area contributed by atoms with Gasteiger partial charge in [-0.15, -0.1) is 0 Å². The molecule has 2 aromatic rings. The Morgan fingerprint density at radius 2 is 1.49 bits per heavy atom. The van der Waals surface area contributed by atoms with Gasteiger partial charge in [0.25, 0.3) is 11.8 Å². The molecule has 1 atom stereocenters. The third-order valence-corrected chi connectivity index (χ3v) is 6.36. The van der Waals surface area contributed by atoms with Gasteiger partial charge in [0.15, 0.2) is 0 Å². The Morgan fingerprint density at radius 1 is 0.829 bits per heavy atom. The number of nitrogens with zero attached hydrogens (tertiary/aromatic N) is 3. The first-order chi connectivity index (χ1) is 16.8. The number of piperazine rings is 1. The molecule has 7 nitrogen and oxygen atoms in total. The second-order valence-corrected chi connectivity index (χ2v) is 8.59. The molecule has 0 saturated carbocycles. The molecule has 0 bridgehead atoms. The average molecular weight is 489 g/mol. The fourth-order valence-corrected chi connectivity index (χ4v) is 4.54. The highest BCUT2D eigenvalue weighted by molar-refractivity contribution is 5.97. The molecule has 2 heterocycles. The van der Waals surface area contributed by atoms with E-state index in [-0.39, 0.29) is 29.7 Å². The Bertz CT molecular complexity index is 1070. The molecule has 10 heteroatoms. The monoisotopic (exact) mass is 489 g/mol. The van der Waals surface area contributed by atoms with E-state index in [9.17, 15) is 27.6 Å². The maximum Gasteiger partial charge on any atom is 0.387 e. The number of carbonyl (C=O) groups is 3. The van der Waals surface area contributed by atoms with Gasteiger partial charge in [-0.1, -0.05) is 12.1 Å². The van der Waals surface area contributed by atoms with E-state index in [4.69, 9.17) is 0 Å². The molecule has 0 aliphatic carbocycles. The van der Waals surface area contributed by atoms with E-state index in [0.717, 1.165) is 0 Å². The molecule has 2 saturated heterocycles. The van der Waals surface area contributed by atoms with E-state index >= 15 is 0 Å². The maximum absolute atomic E-state index is 13.2. The Hall–Kier alpha value is -3.56. The summed E-state index contributed by atoms with van der Waals surface area (Å²) in [4.78, 5) is 43.7. The Labute approximate surface area is 201 Å². The predicted octanol–water partition coefficient (Wildman–Crippen LogP) is 3.26. The van der Waals surface area contributed by atoms with Gasteiger partial charge in [0.2, 0.25) is 5.91 Å².